The maximum atomic E-state index is 5.35. The number of hydrogen-bond acceptors (Lipinski definition) is 3. The van der Waals surface area contributed by atoms with E-state index in [1.807, 2.05) is 30.8 Å². The van der Waals surface area contributed by atoms with Crippen molar-refractivity contribution in [3.63, 3.8) is 0 Å². The Morgan fingerprint density at radius 1 is 1.29 bits per heavy atom. The van der Waals surface area contributed by atoms with Gasteiger partial charge in [-0.1, -0.05) is 6.92 Å². The van der Waals surface area contributed by atoms with E-state index < -0.39 is 0 Å². The Morgan fingerprint density at radius 3 is 2.62 bits per heavy atom. The number of furan rings is 1. The van der Waals surface area contributed by atoms with Gasteiger partial charge < -0.3 is 15.1 Å². The number of hydrogen-bond donors (Lipinski definition) is 2. The Balaban J connectivity index is 0.00000288. The van der Waals surface area contributed by atoms with Crippen LogP contribution < -0.4 is 10.6 Å². The molecule has 6 nitrogen and oxygen atoms in total. The molecule has 0 saturated carbocycles. The predicted molar refractivity (Wildman–Crippen MR) is 108 cm³/mol. The van der Waals surface area contributed by atoms with Gasteiger partial charge in [-0.2, -0.15) is 5.10 Å². The number of nitrogens with zero attached hydrogens (tertiary/aromatic N) is 3. The first-order valence-corrected chi connectivity index (χ1v) is 8.15. The summed E-state index contributed by atoms with van der Waals surface area (Å²) < 4.78 is 7.26. The van der Waals surface area contributed by atoms with Crippen LogP contribution in [0.3, 0.4) is 0 Å². The molecule has 2 heterocycles. The molecule has 0 aromatic carbocycles. The quantitative estimate of drug-likeness (QED) is 0.391. The van der Waals surface area contributed by atoms with E-state index in [0.29, 0.717) is 6.54 Å². The van der Waals surface area contributed by atoms with Gasteiger partial charge in [0.15, 0.2) is 5.96 Å². The standard InChI is InChI=1S/C17H27N5O.HI/c1-5-9-18-17(19-10-8-15-7-6-11-23-15)20-12-16-13(2)21-22(4)14(16)3;/h6-7,11H,5,8-10,12H2,1-4H3,(H2,18,19,20);1H. The van der Waals surface area contributed by atoms with Crippen molar-refractivity contribution in [2.24, 2.45) is 12.0 Å². The van der Waals surface area contributed by atoms with E-state index in [1.165, 1.54) is 5.56 Å². The van der Waals surface area contributed by atoms with Crippen molar-refractivity contribution in [2.75, 3.05) is 13.1 Å². The van der Waals surface area contributed by atoms with E-state index in [-0.39, 0.29) is 24.0 Å². The van der Waals surface area contributed by atoms with Gasteiger partial charge in [-0.05, 0) is 32.4 Å². The van der Waals surface area contributed by atoms with E-state index in [4.69, 9.17) is 9.41 Å². The molecule has 0 atom stereocenters. The van der Waals surface area contributed by atoms with Crippen molar-refractivity contribution >= 4 is 29.9 Å². The second kappa shape index (κ2) is 10.4. The zero-order chi connectivity index (χ0) is 16.7. The summed E-state index contributed by atoms with van der Waals surface area (Å²) in [5, 5.41) is 11.1. The summed E-state index contributed by atoms with van der Waals surface area (Å²) in [6, 6.07) is 3.90. The third kappa shape index (κ3) is 5.85. The number of nitrogens with one attached hydrogen (secondary N) is 2. The van der Waals surface area contributed by atoms with Gasteiger partial charge in [0.2, 0.25) is 0 Å². The van der Waals surface area contributed by atoms with E-state index in [9.17, 15) is 0 Å². The number of aromatic nitrogens is 2. The molecule has 0 aliphatic rings. The van der Waals surface area contributed by atoms with Crippen LogP contribution in [0.5, 0.6) is 0 Å². The summed E-state index contributed by atoms with van der Waals surface area (Å²) in [6.45, 7) is 8.56. The van der Waals surface area contributed by atoms with Crippen LogP contribution in [0.4, 0.5) is 0 Å². The highest BCUT2D eigenvalue weighted by atomic mass is 127. The molecule has 0 radical (unpaired) electrons. The van der Waals surface area contributed by atoms with E-state index in [1.54, 1.807) is 6.26 Å². The van der Waals surface area contributed by atoms with Gasteiger partial charge >= 0.3 is 0 Å². The molecule has 7 heteroatoms. The fourth-order valence-electron chi connectivity index (χ4n) is 2.38. The van der Waals surface area contributed by atoms with Crippen molar-refractivity contribution in [3.8, 4) is 0 Å². The molecular formula is C17H28IN5O. The van der Waals surface area contributed by atoms with Crippen LogP contribution in [-0.4, -0.2) is 28.8 Å². The topological polar surface area (TPSA) is 67.4 Å². The minimum absolute atomic E-state index is 0. The molecule has 24 heavy (non-hydrogen) atoms. The lowest BCUT2D eigenvalue weighted by Gasteiger charge is -2.11. The summed E-state index contributed by atoms with van der Waals surface area (Å²) >= 11 is 0. The van der Waals surface area contributed by atoms with Crippen molar-refractivity contribution < 1.29 is 4.42 Å². The molecule has 134 valence electrons. The number of halogens is 1. The van der Waals surface area contributed by atoms with E-state index in [2.05, 4.69) is 29.6 Å². The SMILES string of the molecule is CCCNC(=NCc1c(C)nn(C)c1C)NCCc1ccco1.I. The molecule has 2 aromatic heterocycles. The number of aryl methyl sites for hydroxylation is 2. The Bertz CT molecular complexity index is 634. The van der Waals surface area contributed by atoms with E-state index in [0.717, 1.165) is 49.0 Å². The maximum absolute atomic E-state index is 5.35. The lowest BCUT2D eigenvalue weighted by atomic mass is 10.2. The molecular weight excluding hydrogens is 417 g/mol. The van der Waals surface area contributed by atoms with Crippen molar-refractivity contribution in [2.45, 2.75) is 40.2 Å². The monoisotopic (exact) mass is 445 g/mol. The average molecular weight is 445 g/mol. The predicted octanol–water partition coefficient (Wildman–Crippen LogP) is 2.94. The second-order valence-electron chi connectivity index (χ2n) is 5.62. The Morgan fingerprint density at radius 2 is 2.04 bits per heavy atom. The van der Waals surface area contributed by atoms with Gasteiger partial charge in [-0.25, -0.2) is 4.99 Å². The minimum atomic E-state index is 0. The first-order valence-electron chi connectivity index (χ1n) is 8.15. The summed E-state index contributed by atoms with van der Waals surface area (Å²) in [4.78, 5) is 4.70. The average Bonchev–Trinajstić information content (AvgIpc) is 3.12. The second-order valence-corrected chi connectivity index (χ2v) is 5.62. The fraction of sp³-hybridized carbons (Fsp3) is 0.529. The van der Waals surface area contributed by atoms with Gasteiger partial charge in [0.1, 0.15) is 5.76 Å². The van der Waals surface area contributed by atoms with Gasteiger partial charge in [0.25, 0.3) is 0 Å². The fourth-order valence-corrected chi connectivity index (χ4v) is 2.38. The van der Waals surface area contributed by atoms with Crippen molar-refractivity contribution in [1.29, 1.82) is 0 Å². The number of rotatable bonds is 7. The third-order valence-electron chi connectivity index (χ3n) is 3.84. The Hall–Kier alpha value is -1.51. The molecule has 0 fully saturated rings. The molecule has 2 aromatic rings. The zero-order valence-electron chi connectivity index (χ0n) is 14.9. The smallest absolute Gasteiger partial charge is 0.191 e. The molecule has 2 N–H and O–H groups in total. The molecule has 0 aliphatic heterocycles. The van der Waals surface area contributed by atoms with Gasteiger partial charge in [-0.15, -0.1) is 24.0 Å². The summed E-state index contributed by atoms with van der Waals surface area (Å²) in [7, 11) is 1.97. The normalized spacial score (nSPS) is 11.2. The third-order valence-corrected chi connectivity index (χ3v) is 3.84. The summed E-state index contributed by atoms with van der Waals surface area (Å²) in [6.07, 6.45) is 3.60. The van der Waals surface area contributed by atoms with Crippen LogP contribution >= 0.6 is 24.0 Å². The van der Waals surface area contributed by atoms with Gasteiger partial charge in [-0.3, -0.25) is 4.68 Å². The molecule has 0 amide bonds. The number of guanidine groups is 1. The molecule has 0 saturated heterocycles. The summed E-state index contributed by atoms with van der Waals surface area (Å²) in [5.74, 6) is 1.81. The number of aliphatic imine (C=N–C) groups is 1. The van der Waals surface area contributed by atoms with Crippen LogP contribution in [0, 0.1) is 13.8 Å². The largest absolute Gasteiger partial charge is 0.469 e. The Labute approximate surface area is 161 Å². The maximum Gasteiger partial charge on any atom is 0.191 e. The highest BCUT2D eigenvalue weighted by Crippen LogP contribution is 2.12. The van der Waals surface area contributed by atoms with Crippen LogP contribution in [0.25, 0.3) is 0 Å². The Kier molecular flexibility index (Phi) is 8.88. The van der Waals surface area contributed by atoms with Gasteiger partial charge in [0.05, 0.1) is 18.5 Å². The van der Waals surface area contributed by atoms with Crippen LogP contribution in [0.2, 0.25) is 0 Å². The summed E-state index contributed by atoms with van der Waals surface area (Å²) in [5.41, 5.74) is 3.40. The van der Waals surface area contributed by atoms with Crippen molar-refractivity contribution in [3.05, 3.63) is 41.1 Å². The van der Waals surface area contributed by atoms with Gasteiger partial charge in [0, 0.05) is 37.8 Å². The van der Waals surface area contributed by atoms with Crippen LogP contribution in [-0.2, 0) is 20.0 Å². The lowest BCUT2D eigenvalue weighted by molar-refractivity contribution is 0.506. The first-order chi connectivity index (χ1) is 11.1. The molecule has 0 bridgehead atoms. The molecule has 0 aliphatic carbocycles. The highest BCUT2D eigenvalue weighted by molar-refractivity contribution is 14.0. The molecule has 2 rings (SSSR count). The first kappa shape index (κ1) is 20.5. The van der Waals surface area contributed by atoms with Crippen LogP contribution in [0.15, 0.2) is 27.8 Å². The molecule has 0 spiro atoms. The molecule has 0 unspecified atom stereocenters. The van der Waals surface area contributed by atoms with Crippen molar-refractivity contribution in [1.82, 2.24) is 20.4 Å². The van der Waals surface area contributed by atoms with Crippen LogP contribution in [0.1, 0.15) is 36.1 Å². The highest BCUT2D eigenvalue weighted by Gasteiger charge is 2.09. The van der Waals surface area contributed by atoms with E-state index >= 15 is 0 Å². The minimum Gasteiger partial charge on any atom is -0.469 e. The lowest BCUT2D eigenvalue weighted by Crippen LogP contribution is -2.38. The zero-order valence-corrected chi connectivity index (χ0v) is 17.3.